The highest BCUT2D eigenvalue weighted by molar-refractivity contribution is 7.89. The summed E-state index contributed by atoms with van der Waals surface area (Å²) < 4.78 is 37.8. The Balaban J connectivity index is 1.90. The summed E-state index contributed by atoms with van der Waals surface area (Å²) in [6.45, 7) is 0.455. The van der Waals surface area contributed by atoms with Crippen molar-refractivity contribution >= 4 is 15.9 Å². The average molecular weight is 429 g/mol. The smallest absolute Gasteiger partial charge is 0.254 e. The fraction of sp³-hybridized carbons (Fsp3) is 0.318. The van der Waals surface area contributed by atoms with Crippen LogP contribution in [0.25, 0.3) is 0 Å². The molecule has 2 aromatic carbocycles. The van der Waals surface area contributed by atoms with E-state index in [9.17, 15) is 13.2 Å². The van der Waals surface area contributed by atoms with Crippen molar-refractivity contribution in [2.45, 2.75) is 23.8 Å². The number of rotatable bonds is 7. The number of methoxy groups -OCH3 is 2. The predicted octanol–water partition coefficient (Wildman–Crippen LogP) is 2.59. The molecule has 0 aromatic heterocycles. The number of benzene rings is 2. The standard InChI is InChI=1S/C22H24N2O5S/c1-4-12-23-30(26,27)18-8-5-7-16(14-18)22(25)24-13-6-9-20(24)19-11-10-17(28-2)15-21(19)29-3/h1,5,7-8,10-11,14-15,20,23H,6,9,12-13H2,2-3H3/t20-/m1/s1. The lowest BCUT2D eigenvalue weighted by Crippen LogP contribution is -2.31. The summed E-state index contributed by atoms with van der Waals surface area (Å²) in [7, 11) is -0.620. The summed E-state index contributed by atoms with van der Waals surface area (Å²) in [6.07, 6.45) is 6.76. The van der Waals surface area contributed by atoms with Crippen LogP contribution in [0.5, 0.6) is 11.5 Å². The van der Waals surface area contributed by atoms with Gasteiger partial charge in [0.25, 0.3) is 5.91 Å². The van der Waals surface area contributed by atoms with Gasteiger partial charge in [0.15, 0.2) is 0 Å². The largest absolute Gasteiger partial charge is 0.497 e. The van der Waals surface area contributed by atoms with E-state index in [1.54, 1.807) is 37.3 Å². The molecule has 1 aliphatic rings. The third-order valence-electron chi connectivity index (χ3n) is 5.07. The maximum Gasteiger partial charge on any atom is 0.254 e. The number of amides is 1. The van der Waals surface area contributed by atoms with Crippen LogP contribution in [0.3, 0.4) is 0 Å². The van der Waals surface area contributed by atoms with Gasteiger partial charge in [-0.25, -0.2) is 8.42 Å². The van der Waals surface area contributed by atoms with Gasteiger partial charge in [0, 0.05) is 23.7 Å². The minimum absolute atomic E-state index is 0.00127. The zero-order valence-corrected chi connectivity index (χ0v) is 17.7. The molecule has 158 valence electrons. The maximum atomic E-state index is 13.3. The first-order valence-electron chi connectivity index (χ1n) is 9.47. The van der Waals surface area contributed by atoms with Crippen LogP contribution in [0.4, 0.5) is 0 Å². The molecule has 3 rings (SSSR count). The Morgan fingerprint density at radius 1 is 1.23 bits per heavy atom. The molecule has 1 saturated heterocycles. The molecular weight excluding hydrogens is 404 g/mol. The summed E-state index contributed by atoms with van der Waals surface area (Å²) in [5.74, 6) is 3.32. The Kier molecular flexibility index (Phi) is 6.65. The Labute approximate surface area is 177 Å². The van der Waals surface area contributed by atoms with E-state index in [0.29, 0.717) is 23.6 Å². The number of nitrogens with zero attached hydrogens (tertiary/aromatic N) is 1. The first-order valence-corrected chi connectivity index (χ1v) is 11.0. The lowest BCUT2D eigenvalue weighted by atomic mass is 10.0. The zero-order valence-electron chi connectivity index (χ0n) is 16.9. The fourth-order valence-electron chi connectivity index (χ4n) is 3.61. The number of hydrogen-bond donors (Lipinski definition) is 1. The van der Waals surface area contributed by atoms with Crippen LogP contribution in [0.1, 0.15) is 34.8 Å². The normalized spacial score (nSPS) is 16.2. The minimum atomic E-state index is -3.78. The van der Waals surface area contributed by atoms with Crippen molar-refractivity contribution < 1.29 is 22.7 Å². The molecule has 1 aliphatic heterocycles. The predicted molar refractivity (Wildman–Crippen MR) is 113 cm³/mol. The number of nitrogens with one attached hydrogen (secondary N) is 1. The van der Waals surface area contributed by atoms with Crippen molar-refractivity contribution in [2.24, 2.45) is 0 Å². The molecule has 0 radical (unpaired) electrons. The van der Waals surface area contributed by atoms with Crippen molar-refractivity contribution in [2.75, 3.05) is 27.3 Å². The molecule has 1 fully saturated rings. The molecular formula is C22H24N2O5S. The second-order valence-corrected chi connectivity index (χ2v) is 8.59. The molecule has 1 N–H and O–H groups in total. The summed E-state index contributed by atoms with van der Waals surface area (Å²) in [5.41, 5.74) is 1.20. The molecule has 0 aliphatic carbocycles. The summed E-state index contributed by atoms with van der Waals surface area (Å²) >= 11 is 0. The third-order valence-corrected chi connectivity index (χ3v) is 6.47. The van der Waals surface area contributed by atoms with Gasteiger partial charge in [-0.3, -0.25) is 4.79 Å². The molecule has 1 atom stereocenters. The number of hydrogen-bond acceptors (Lipinski definition) is 5. The lowest BCUT2D eigenvalue weighted by Gasteiger charge is -2.27. The van der Waals surface area contributed by atoms with Crippen molar-refractivity contribution in [1.29, 1.82) is 0 Å². The molecule has 0 spiro atoms. The van der Waals surface area contributed by atoms with Gasteiger partial charge in [-0.2, -0.15) is 4.72 Å². The van der Waals surface area contributed by atoms with E-state index in [-0.39, 0.29) is 23.4 Å². The molecule has 0 bridgehead atoms. The molecule has 1 amide bonds. The second-order valence-electron chi connectivity index (χ2n) is 6.82. The molecule has 0 saturated carbocycles. The van der Waals surface area contributed by atoms with Crippen molar-refractivity contribution in [1.82, 2.24) is 9.62 Å². The van der Waals surface area contributed by atoms with E-state index in [1.165, 1.54) is 12.1 Å². The van der Waals surface area contributed by atoms with Gasteiger partial charge in [0.1, 0.15) is 11.5 Å². The van der Waals surface area contributed by atoms with E-state index in [1.807, 2.05) is 12.1 Å². The summed E-state index contributed by atoms with van der Waals surface area (Å²) in [6, 6.07) is 11.3. The van der Waals surface area contributed by atoms with Crippen LogP contribution in [0.15, 0.2) is 47.4 Å². The number of likely N-dealkylation sites (tertiary alicyclic amines) is 1. The van der Waals surface area contributed by atoms with Gasteiger partial charge in [0.2, 0.25) is 10.0 Å². The Morgan fingerprint density at radius 2 is 2.03 bits per heavy atom. The van der Waals surface area contributed by atoms with Gasteiger partial charge in [-0.1, -0.05) is 12.0 Å². The van der Waals surface area contributed by atoms with E-state index in [2.05, 4.69) is 10.6 Å². The zero-order chi connectivity index (χ0) is 21.7. The lowest BCUT2D eigenvalue weighted by molar-refractivity contribution is 0.0734. The second kappa shape index (κ2) is 9.20. The molecule has 8 heteroatoms. The van der Waals surface area contributed by atoms with Crippen molar-refractivity contribution in [3.05, 3.63) is 53.6 Å². The van der Waals surface area contributed by atoms with Gasteiger partial charge in [-0.05, 0) is 43.2 Å². The Hall–Kier alpha value is -3.02. The molecule has 7 nitrogen and oxygen atoms in total. The van der Waals surface area contributed by atoms with Gasteiger partial charge in [-0.15, -0.1) is 6.42 Å². The topological polar surface area (TPSA) is 84.9 Å². The molecule has 0 unspecified atom stereocenters. The first-order chi connectivity index (χ1) is 14.4. The average Bonchev–Trinajstić information content (AvgIpc) is 3.26. The summed E-state index contributed by atoms with van der Waals surface area (Å²) in [5, 5.41) is 0. The number of sulfonamides is 1. The number of carbonyl (C=O) groups excluding carboxylic acids is 1. The van der Waals surface area contributed by atoms with E-state index >= 15 is 0 Å². The molecule has 30 heavy (non-hydrogen) atoms. The van der Waals surface area contributed by atoms with Crippen molar-refractivity contribution in [3.63, 3.8) is 0 Å². The Bertz CT molecular complexity index is 1080. The number of terminal acetylenes is 1. The van der Waals surface area contributed by atoms with Gasteiger partial charge >= 0.3 is 0 Å². The number of ether oxygens (including phenoxy) is 2. The molecule has 2 aromatic rings. The van der Waals surface area contributed by atoms with Gasteiger partial charge in [0.05, 0.1) is 31.7 Å². The fourth-order valence-corrected chi connectivity index (χ4v) is 4.59. The van der Waals surface area contributed by atoms with E-state index in [0.717, 1.165) is 18.4 Å². The number of carbonyl (C=O) groups is 1. The summed E-state index contributed by atoms with van der Waals surface area (Å²) in [4.78, 5) is 15.0. The van der Waals surface area contributed by atoms with E-state index < -0.39 is 10.0 Å². The molecule has 1 heterocycles. The minimum Gasteiger partial charge on any atom is -0.497 e. The highest BCUT2D eigenvalue weighted by atomic mass is 32.2. The van der Waals surface area contributed by atoms with Crippen molar-refractivity contribution in [3.8, 4) is 23.8 Å². The van der Waals surface area contributed by atoms with Crippen LogP contribution in [-0.4, -0.2) is 46.5 Å². The highest BCUT2D eigenvalue weighted by Gasteiger charge is 2.33. The monoisotopic (exact) mass is 428 g/mol. The highest BCUT2D eigenvalue weighted by Crippen LogP contribution is 2.39. The third kappa shape index (κ3) is 4.42. The van der Waals surface area contributed by atoms with Crippen LogP contribution in [0.2, 0.25) is 0 Å². The van der Waals surface area contributed by atoms with Crippen LogP contribution >= 0.6 is 0 Å². The van der Waals surface area contributed by atoms with Crippen LogP contribution in [-0.2, 0) is 10.0 Å². The van der Waals surface area contributed by atoms with Crippen LogP contribution < -0.4 is 14.2 Å². The quantitative estimate of drug-likeness (QED) is 0.686. The Morgan fingerprint density at radius 3 is 2.73 bits per heavy atom. The van der Waals surface area contributed by atoms with Gasteiger partial charge < -0.3 is 14.4 Å². The first kappa shape index (κ1) is 21.7. The SMILES string of the molecule is C#CCNS(=O)(=O)c1cccc(C(=O)N2CCC[C@@H]2c2ccc(OC)cc2OC)c1. The van der Waals surface area contributed by atoms with E-state index in [4.69, 9.17) is 15.9 Å². The van der Waals surface area contributed by atoms with Crippen LogP contribution in [0, 0.1) is 12.3 Å². The maximum absolute atomic E-state index is 13.3.